The van der Waals surface area contributed by atoms with Crippen molar-refractivity contribution in [1.29, 1.82) is 0 Å². The Morgan fingerprint density at radius 3 is 2.82 bits per heavy atom. The van der Waals surface area contributed by atoms with Crippen LogP contribution in [0.1, 0.15) is 29.4 Å². The molecule has 118 valence electrons. The van der Waals surface area contributed by atoms with Crippen molar-refractivity contribution in [2.75, 3.05) is 6.61 Å². The Labute approximate surface area is 129 Å². The number of amides is 1. The largest absolute Gasteiger partial charge is 0.504 e. The van der Waals surface area contributed by atoms with Crippen LogP contribution < -0.4 is 10.1 Å². The summed E-state index contributed by atoms with van der Waals surface area (Å²) in [6.07, 6.45) is 0.296. The highest BCUT2D eigenvalue weighted by Gasteiger charge is 2.11. The lowest BCUT2D eigenvalue weighted by Crippen LogP contribution is -2.25. The Kier molecular flexibility index (Phi) is 5.04. The summed E-state index contributed by atoms with van der Waals surface area (Å²) in [4.78, 5) is 12.0. The van der Waals surface area contributed by atoms with E-state index in [9.17, 15) is 9.90 Å². The van der Waals surface area contributed by atoms with Gasteiger partial charge in [0.2, 0.25) is 5.91 Å². The predicted molar refractivity (Wildman–Crippen MR) is 82.9 cm³/mol. The highest BCUT2D eigenvalue weighted by Crippen LogP contribution is 2.26. The van der Waals surface area contributed by atoms with Gasteiger partial charge in [-0.2, -0.15) is 5.10 Å². The number of aromatic nitrogens is 2. The molecule has 1 aromatic carbocycles. The maximum atomic E-state index is 12.0. The van der Waals surface area contributed by atoms with Gasteiger partial charge in [-0.25, -0.2) is 0 Å². The summed E-state index contributed by atoms with van der Waals surface area (Å²) in [5.41, 5.74) is 3.56. The lowest BCUT2D eigenvalue weighted by molar-refractivity contribution is -0.120. The lowest BCUT2D eigenvalue weighted by atomic mass is 10.1. The van der Waals surface area contributed by atoms with E-state index >= 15 is 0 Å². The normalized spacial score (nSPS) is 10.5. The number of hydrogen-bond donors (Lipinski definition) is 3. The van der Waals surface area contributed by atoms with Gasteiger partial charge in [0.25, 0.3) is 0 Å². The number of phenols is 1. The summed E-state index contributed by atoms with van der Waals surface area (Å²) >= 11 is 0. The standard InChI is InChI=1S/C16H21N3O3/c1-4-22-15-7-12(5-6-14(15)20)9-17-16(21)8-13-10(2)18-19-11(13)3/h5-7,20H,4,8-9H2,1-3H3,(H,17,21)(H,18,19). The molecule has 3 N–H and O–H groups in total. The third kappa shape index (κ3) is 3.78. The van der Waals surface area contributed by atoms with Crippen LogP contribution in [0.25, 0.3) is 0 Å². The molecule has 0 unspecified atom stereocenters. The molecule has 0 saturated carbocycles. The average molecular weight is 303 g/mol. The molecule has 22 heavy (non-hydrogen) atoms. The molecular formula is C16H21N3O3. The quantitative estimate of drug-likeness (QED) is 0.761. The number of benzene rings is 1. The summed E-state index contributed by atoms with van der Waals surface area (Å²) in [6, 6.07) is 5.05. The molecule has 2 aromatic rings. The minimum Gasteiger partial charge on any atom is -0.504 e. The van der Waals surface area contributed by atoms with Crippen LogP contribution in [0.15, 0.2) is 18.2 Å². The molecule has 0 aliphatic heterocycles. The summed E-state index contributed by atoms with van der Waals surface area (Å²) < 4.78 is 5.33. The first-order valence-corrected chi connectivity index (χ1v) is 7.23. The molecule has 6 nitrogen and oxygen atoms in total. The van der Waals surface area contributed by atoms with Crippen molar-refractivity contribution in [2.24, 2.45) is 0 Å². The minimum absolute atomic E-state index is 0.0707. The number of ether oxygens (including phenoxy) is 1. The van der Waals surface area contributed by atoms with E-state index < -0.39 is 0 Å². The van der Waals surface area contributed by atoms with E-state index in [0.29, 0.717) is 25.3 Å². The van der Waals surface area contributed by atoms with Gasteiger partial charge in [0.15, 0.2) is 11.5 Å². The van der Waals surface area contributed by atoms with Crippen LogP contribution in [0.5, 0.6) is 11.5 Å². The molecule has 0 atom stereocenters. The third-order valence-electron chi connectivity index (χ3n) is 3.43. The smallest absolute Gasteiger partial charge is 0.224 e. The number of H-pyrrole nitrogens is 1. The maximum Gasteiger partial charge on any atom is 0.224 e. The van der Waals surface area contributed by atoms with Gasteiger partial charge < -0.3 is 15.2 Å². The van der Waals surface area contributed by atoms with Crippen LogP contribution in [-0.2, 0) is 17.8 Å². The number of carbonyl (C=O) groups excluding carboxylic acids is 1. The Balaban J connectivity index is 1.95. The van der Waals surface area contributed by atoms with Crippen molar-refractivity contribution in [3.63, 3.8) is 0 Å². The van der Waals surface area contributed by atoms with E-state index in [1.165, 1.54) is 0 Å². The van der Waals surface area contributed by atoms with Gasteiger partial charge in [-0.1, -0.05) is 6.07 Å². The van der Waals surface area contributed by atoms with Crippen molar-refractivity contribution in [1.82, 2.24) is 15.5 Å². The van der Waals surface area contributed by atoms with Crippen LogP contribution >= 0.6 is 0 Å². The molecular weight excluding hydrogens is 282 g/mol. The fourth-order valence-corrected chi connectivity index (χ4v) is 2.20. The Bertz CT molecular complexity index is 645. The van der Waals surface area contributed by atoms with Crippen LogP contribution in [0, 0.1) is 13.8 Å². The van der Waals surface area contributed by atoms with E-state index in [2.05, 4.69) is 15.5 Å². The molecule has 2 rings (SSSR count). The highest BCUT2D eigenvalue weighted by atomic mass is 16.5. The number of rotatable bonds is 6. The number of nitrogens with one attached hydrogen (secondary N) is 2. The SMILES string of the molecule is CCOc1cc(CNC(=O)Cc2c(C)n[nH]c2C)ccc1O. The molecule has 0 bridgehead atoms. The van der Waals surface area contributed by atoms with Crippen LogP contribution in [-0.4, -0.2) is 27.8 Å². The minimum atomic E-state index is -0.0707. The van der Waals surface area contributed by atoms with Crippen molar-refractivity contribution in [2.45, 2.75) is 33.7 Å². The van der Waals surface area contributed by atoms with Crippen molar-refractivity contribution < 1.29 is 14.6 Å². The van der Waals surface area contributed by atoms with Crippen molar-refractivity contribution in [3.8, 4) is 11.5 Å². The van der Waals surface area contributed by atoms with Gasteiger partial charge in [0, 0.05) is 17.8 Å². The molecule has 1 heterocycles. The molecule has 6 heteroatoms. The second kappa shape index (κ2) is 6.98. The molecule has 1 aromatic heterocycles. The number of phenolic OH excluding ortho intramolecular Hbond substituents is 1. The van der Waals surface area contributed by atoms with Crippen LogP contribution in [0.4, 0.5) is 0 Å². The summed E-state index contributed by atoms with van der Waals surface area (Å²) in [7, 11) is 0. The van der Waals surface area contributed by atoms with Crippen LogP contribution in [0.3, 0.4) is 0 Å². The van der Waals surface area contributed by atoms with Crippen molar-refractivity contribution in [3.05, 3.63) is 40.7 Å². The Morgan fingerprint density at radius 2 is 2.18 bits per heavy atom. The third-order valence-corrected chi connectivity index (χ3v) is 3.43. The number of hydrogen-bond acceptors (Lipinski definition) is 4. The predicted octanol–water partition coefficient (Wildman–Crippen LogP) is 1.99. The number of carbonyl (C=O) groups is 1. The zero-order chi connectivity index (χ0) is 16.1. The highest BCUT2D eigenvalue weighted by molar-refractivity contribution is 5.79. The Morgan fingerprint density at radius 1 is 1.41 bits per heavy atom. The Hall–Kier alpha value is -2.50. The first-order chi connectivity index (χ1) is 10.5. The van der Waals surface area contributed by atoms with Gasteiger partial charge in [0.05, 0.1) is 18.7 Å². The van der Waals surface area contributed by atoms with Gasteiger partial charge in [-0.3, -0.25) is 9.89 Å². The maximum absolute atomic E-state index is 12.0. The molecule has 0 aliphatic rings. The molecule has 0 aliphatic carbocycles. The molecule has 1 amide bonds. The average Bonchev–Trinajstić information content (AvgIpc) is 2.80. The number of aryl methyl sites for hydroxylation is 2. The van der Waals surface area contributed by atoms with E-state index in [1.54, 1.807) is 18.2 Å². The summed E-state index contributed by atoms with van der Waals surface area (Å²) in [6.45, 7) is 6.48. The topological polar surface area (TPSA) is 87.2 Å². The van der Waals surface area contributed by atoms with Gasteiger partial charge >= 0.3 is 0 Å². The first-order valence-electron chi connectivity index (χ1n) is 7.23. The second-order valence-electron chi connectivity index (χ2n) is 5.10. The zero-order valence-corrected chi connectivity index (χ0v) is 13.1. The number of aromatic amines is 1. The molecule has 0 spiro atoms. The van der Waals surface area contributed by atoms with Gasteiger partial charge in [-0.15, -0.1) is 0 Å². The van der Waals surface area contributed by atoms with E-state index in [1.807, 2.05) is 20.8 Å². The van der Waals surface area contributed by atoms with Gasteiger partial charge in [0.1, 0.15) is 0 Å². The lowest BCUT2D eigenvalue weighted by Gasteiger charge is -2.09. The molecule has 0 saturated heterocycles. The summed E-state index contributed by atoms with van der Waals surface area (Å²) in [5, 5.41) is 19.5. The van der Waals surface area contributed by atoms with E-state index in [-0.39, 0.29) is 11.7 Å². The van der Waals surface area contributed by atoms with Crippen LogP contribution in [0.2, 0.25) is 0 Å². The monoisotopic (exact) mass is 303 g/mol. The van der Waals surface area contributed by atoms with E-state index in [0.717, 1.165) is 22.5 Å². The fraction of sp³-hybridized carbons (Fsp3) is 0.375. The van der Waals surface area contributed by atoms with E-state index in [4.69, 9.17) is 4.74 Å². The fourth-order valence-electron chi connectivity index (χ4n) is 2.20. The summed E-state index contributed by atoms with van der Waals surface area (Å²) in [5.74, 6) is 0.455. The van der Waals surface area contributed by atoms with Crippen molar-refractivity contribution >= 4 is 5.91 Å². The number of aromatic hydroxyl groups is 1. The first kappa shape index (κ1) is 15.9. The number of nitrogens with zero attached hydrogens (tertiary/aromatic N) is 1. The zero-order valence-electron chi connectivity index (χ0n) is 13.1. The van der Waals surface area contributed by atoms with Gasteiger partial charge in [-0.05, 0) is 38.5 Å². The molecule has 0 fully saturated rings. The second-order valence-corrected chi connectivity index (χ2v) is 5.10. The molecule has 0 radical (unpaired) electrons.